The van der Waals surface area contributed by atoms with Crippen molar-refractivity contribution in [1.82, 2.24) is 0 Å². The number of rotatable bonds is 5. The average molecular weight is 395 g/mol. The highest BCUT2D eigenvalue weighted by atomic mass is 79.9. The van der Waals surface area contributed by atoms with Gasteiger partial charge in [0.25, 0.3) is 0 Å². The molecule has 2 aromatic carbocycles. The van der Waals surface area contributed by atoms with Crippen LogP contribution in [-0.2, 0) is 5.75 Å². The summed E-state index contributed by atoms with van der Waals surface area (Å²) in [6.45, 7) is -2.87. The summed E-state index contributed by atoms with van der Waals surface area (Å²) in [6.07, 6.45) is 0. The van der Waals surface area contributed by atoms with Crippen molar-refractivity contribution in [3.05, 3.63) is 51.5 Å². The van der Waals surface area contributed by atoms with Gasteiger partial charge < -0.3 is 10.5 Å². The van der Waals surface area contributed by atoms with Gasteiger partial charge in [-0.25, -0.2) is 0 Å². The van der Waals surface area contributed by atoms with E-state index in [1.54, 1.807) is 12.1 Å². The standard InChI is InChI=1S/C14H11BrClF2NOS/c15-9-1-3-11(19)13(6-9)21-7-8-5-10(16)2-4-12(8)20-14(17)18/h1-6,14H,7,19H2. The maximum atomic E-state index is 12.4. The predicted octanol–water partition coefficient (Wildman–Crippen LogP) is 5.58. The summed E-state index contributed by atoms with van der Waals surface area (Å²) in [5, 5.41) is 0.467. The highest BCUT2D eigenvalue weighted by molar-refractivity contribution is 9.10. The van der Waals surface area contributed by atoms with Gasteiger partial charge in [0.15, 0.2) is 0 Å². The number of nitrogen functional groups attached to an aromatic ring is 1. The molecule has 0 aromatic heterocycles. The van der Waals surface area contributed by atoms with Crippen molar-refractivity contribution >= 4 is 45.0 Å². The van der Waals surface area contributed by atoms with Crippen molar-refractivity contribution in [2.75, 3.05) is 5.73 Å². The minimum Gasteiger partial charge on any atom is -0.435 e. The smallest absolute Gasteiger partial charge is 0.387 e. The molecule has 112 valence electrons. The fourth-order valence-corrected chi connectivity index (χ4v) is 3.35. The summed E-state index contributed by atoms with van der Waals surface area (Å²) in [5.74, 6) is 0.541. The van der Waals surface area contributed by atoms with Gasteiger partial charge in [-0.2, -0.15) is 8.78 Å². The summed E-state index contributed by atoms with van der Waals surface area (Å²) in [4.78, 5) is 0.854. The van der Waals surface area contributed by atoms with Crippen molar-refractivity contribution in [1.29, 1.82) is 0 Å². The summed E-state index contributed by atoms with van der Waals surface area (Å²) < 4.78 is 30.2. The molecule has 0 aliphatic heterocycles. The van der Waals surface area contributed by atoms with E-state index in [2.05, 4.69) is 20.7 Å². The Kier molecular flexibility index (Phi) is 5.72. The molecule has 0 aliphatic rings. The van der Waals surface area contributed by atoms with E-state index >= 15 is 0 Å². The Morgan fingerprint density at radius 2 is 2.00 bits per heavy atom. The van der Waals surface area contributed by atoms with Crippen LogP contribution in [0.25, 0.3) is 0 Å². The molecule has 0 radical (unpaired) electrons. The molecule has 2 N–H and O–H groups in total. The van der Waals surface area contributed by atoms with Crippen LogP contribution in [0.4, 0.5) is 14.5 Å². The summed E-state index contributed by atoms with van der Waals surface area (Å²) in [7, 11) is 0. The molecule has 0 spiro atoms. The summed E-state index contributed by atoms with van der Waals surface area (Å²) >= 11 is 10.7. The van der Waals surface area contributed by atoms with Crippen LogP contribution in [-0.4, -0.2) is 6.61 Å². The third-order valence-electron chi connectivity index (χ3n) is 2.60. The summed E-state index contributed by atoms with van der Waals surface area (Å²) in [6, 6.07) is 10.1. The molecule has 0 saturated carbocycles. The molecule has 0 heterocycles. The number of hydrogen-bond acceptors (Lipinski definition) is 3. The quantitative estimate of drug-likeness (QED) is 0.531. The zero-order valence-corrected chi connectivity index (χ0v) is 13.8. The fraction of sp³-hybridized carbons (Fsp3) is 0.143. The largest absolute Gasteiger partial charge is 0.435 e. The van der Waals surface area contributed by atoms with Gasteiger partial charge in [-0.3, -0.25) is 0 Å². The Bertz CT molecular complexity index is 642. The Balaban J connectivity index is 2.18. The van der Waals surface area contributed by atoms with Crippen molar-refractivity contribution in [3.8, 4) is 5.75 Å². The number of thioether (sulfide) groups is 1. The first-order valence-corrected chi connectivity index (χ1v) is 8.02. The lowest BCUT2D eigenvalue weighted by Gasteiger charge is -2.12. The lowest BCUT2D eigenvalue weighted by Crippen LogP contribution is -2.04. The van der Waals surface area contributed by atoms with E-state index in [0.29, 0.717) is 22.0 Å². The second-order valence-electron chi connectivity index (χ2n) is 4.10. The van der Waals surface area contributed by atoms with Crippen LogP contribution < -0.4 is 10.5 Å². The summed E-state index contributed by atoms with van der Waals surface area (Å²) in [5.41, 5.74) is 7.10. The third kappa shape index (κ3) is 4.76. The van der Waals surface area contributed by atoms with Crippen LogP contribution in [0.1, 0.15) is 5.56 Å². The van der Waals surface area contributed by atoms with Gasteiger partial charge in [0, 0.05) is 31.4 Å². The van der Waals surface area contributed by atoms with E-state index in [9.17, 15) is 8.78 Å². The Hall–Kier alpha value is -0.980. The molecule has 0 bridgehead atoms. The minimum absolute atomic E-state index is 0.121. The molecule has 7 heteroatoms. The van der Waals surface area contributed by atoms with E-state index in [4.69, 9.17) is 17.3 Å². The number of hydrogen-bond donors (Lipinski definition) is 1. The monoisotopic (exact) mass is 393 g/mol. The first-order chi connectivity index (χ1) is 9.95. The fourth-order valence-electron chi connectivity index (χ4n) is 1.66. The van der Waals surface area contributed by atoms with Gasteiger partial charge in [0.2, 0.25) is 0 Å². The molecule has 2 nitrogen and oxygen atoms in total. The number of alkyl halides is 2. The first-order valence-electron chi connectivity index (χ1n) is 5.87. The third-order valence-corrected chi connectivity index (χ3v) is 4.45. The van der Waals surface area contributed by atoms with Crippen LogP contribution in [0.5, 0.6) is 5.75 Å². The maximum Gasteiger partial charge on any atom is 0.387 e. The molecule has 0 aliphatic carbocycles. The van der Waals surface area contributed by atoms with Crippen molar-refractivity contribution < 1.29 is 13.5 Å². The highest BCUT2D eigenvalue weighted by Gasteiger charge is 2.11. The molecule has 0 unspecified atom stereocenters. The van der Waals surface area contributed by atoms with Crippen LogP contribution in [0.2, 0.25) is 5.02 Å². The molecule has 0 atom stereocenters. The van der Waals surface area contributed by atoms with E-state index in [1.165, 1.54) is 23.9 Å². The van der Waals surface area contributed by atoms with Crippen molar-refractivity contribution in [2.45, 2.75) is 17.3 Å². The zero-order valence-electron chi connectivity index (χ0n) is 10.7. The van der Waals surface area contributed by atoms with Gasteiger partial charge in [0.1, 0.15) is 5.75 Å². The molecule has 0 amide bonds. The molecule has 21 heavy (non-hydrogen) atoms. The average Bonchev–Trinajstić information content (AvgIpc) is 2.42. The molecule has 0 saturated heterocycles. The number of halogens is 4. The number of nitrogens with two attached hydrogens (primary N) is 1. The van der Waals surface area contributed by atoms with Gasteiger partial charge in [-0.15, -0.1) is 11.8 Å². The minimum atomic E-state index is -2.87. The van der Waals surface area contributed by atoms with E-state index in [0.717, 1.165) is 9.37 Å². The molecule has 2 aromatic rings. The Labute approximate surface area is 138 Å². The van der Waals surface area contributed by atoms with Crippen LogP contribution in [0.15, 0.2) is 45.8 Å². The lowest BCUT2D eigenvalue weighted by atomic mass is 10.2. The van der Waals surface area contributed by atoms with Gasteiger partial charge >= 0.3 is 6.61 Å². The first kappa shape index (κ1) is 16.4. The van der Waals surface area contributed by atoms with Gasteiger partial charge in [-0.05, 0) is 36.4 Å². The maximum absolute atomic E-state index is 12.4. The van der Waals surface area contributed by atoms with E-state index in [-0.39, 0.29) is 5.75 Å². The second kappa shape index (κ2) is 7.33. The van der Waals surface area contributed by atoms with Gasteiger partial charge in [-0.1, -0.05) is 27.5 Å². The van der Waals surface area contributed by atoms with Crippen LogP contribution in [0.3, 0.4) is 0 Å². The lowest BCUT2D eigenvalue weighted by molar-refractivity contribution is -0.0503. The molecule has 0 fully saturated rings. The van der Waals surface area contributed by atoms with Gasteiger partial charge in [0.05, 0.1) is 0 Å². The van der Waals surface area contributed by atoms with Crippen molar-refractivity contribution in [3.63, 3.8) is 0 Å². The molecular weight excluding hydrogens is 384 g/mol. The van der Waals surface area contributed by atoms with E-state index < -0.39 is 6.61 Å². The SMILES string of the molecule is Nc1ccc(Br)cc1SCc1cc(Cl)ccc1OC(F)F. The topological polar surface area (TPSA) is 35.2 Å². The van der Waals surface area contributed by atoms with Crippen molar-refractivity contribution in [2.24, 2.45) is 0 Å². The number of benzene rings is 2. The number of ether oxygens (including phenoxy) is 1. The predicted molar refractivity (Wildman–Crippen MR) is 86.2 cm³/mol. The normalized spacial score (nSPS) is 10.9. The zero-order chi connectivity index (χ0) is 15.4. The Morgan fingerprint density at radius 3 is 2.71 bits per heavy atom. The van der Waals surface area contributed by atoms with Crippen LogP contribution in [0, 0.1) is 0 Å². The van der Waals surface area contributed by atoms with Crippen LogP contribution >= 0.6 is 39.3 Å². The number of anilines is 1. The van der Waals surface area contributed by atoms with E-state index in [1.807, 2.05) is 12.1 Å². The second-order valence-corrected chi connectivity index (χ2v) is 6.47. The molecule has 2 rings (SSSR count). The highest BCUT2D eigenvalue weighted by Crippen LogP contribution is 2.34. The molecular formula is C14H11BrClF2NOS. The Morgan fingerprint density at radius 1 is 1.24 bits per heavy atom.